The number of amides is 2. The molecule has 3 aromatic heterocycles. The minimum atomic E-state index is -0.267. The van der Waals surface area contributed by atoms with Gasteiger partial charge in [-0.3, -0.25) is 19.3 Å². The Balaban J connectivity index is 1.42. The summed E-state index contributed by atoms with van der Waals surface area (Å²) >= 11 is 6.14. The van der Waals surface area contributed by atoms with Crippen LogP contribution in [0.15, 0.2) is 42.9 Å². The number of carbonyl (C=O) groups excluding carboxylic acids is 2. The number of hydrogen-bond donors (Lipinski definition) is 1. The Morgan fingerprint density at radius 3 is 2.47 bits per heavy atom. The molecule has 1 aliphatic heterocycles. The van der Waals surface area contributed by atoms with Gasteiger partial charge in [0.15, 0.2) is 5.82 Å². The van der Waals surface area contributed by atoms with Crippen molar-refractivity contribution < 1.29 is 9.59 Å². The summed E-state index contributed by atoms with van der Waals surface area (Å²) in [6.07, 6.45) is 4.68. The number of anilines is 2. The molecule has 10 heteroatoms. The third kappa shape index (κ3) is 4.88. The minimum absolute atomic E-state index is 0.0335. The number of piperazine rings is 1. The Labute approximate surface area is 191 Å². The zero-order chi connectivity index (χ0) is 22.7. The van der Waals surface area contributed by atoms with E-state index >= 15 is 0 Å². The topological polar surface area (TPSA) is 96.2 Å². The van der Waals surface area contributed by atoms with Crippen molar-refractivity contribution in [1.82, 2.24) is 24.6 Å². The lowest BCUT2D eigenvalue weighted by atomic mass is 10.2. The summed E-state index contributed by atoms with van der Waals surface area (Å²) in [7, 11) is 0. The standard InChI is InChI=1S/C22H24ClN7O2/c1-15-11-16(2)30(27-15)14-20(31)28-7-9-29(10-8-28)21-19(12-18(23)13-25-21)26-22(32)17-3-5-24-6-4-17/h3-6,11-13H,7-10,14H2,1-2H3,(H,26,32). The number of aromatic nitrogens is 4. The first kappa shape index (κ1) is 21.8. The quantitative estimate of drug-likeness (QED) is 0.637. The molecule has 9 nitrogen and oxygen atoms in total. The van der Waals surface area contributed by atoms with Gasteiger partial charge in [0.2, 0.25) is 5.91 Å². The summed E-state index contributed by atoms with van der Waals surface area (Å²) in [6, 6.07) is 6.92. The molecule has 0 unspecified atom stereocenters. The van der Waals surface area contributed by atoms with E-state index in [1.54, 1.807) is 41.5 Å². The molecule has 0 aliphatic carbocycles. The zero-order valence-corrected chi connectivity index (χ0v) is 18.7. The van der Waals surface area contributed by atoms with Crippen LogP contribution in [0.2, 0.25) is 5.02 Å². The van der Waals surface area contributed by atoms with Gasteiger partial charge in [0.25, 0.3) is 5.91 Å². The van der Waals surface area contributed by atoms with Crippen molar-refractivity contribution in [2.75, 3.05) is 36.4 Å². The van der Waals surface area contributed by atoms with Gasteiger partial charge < -0.3 is 15.1 Å². The van der Waals surface area contributed by atoms with E-state index in [0.29, 0.717) is 48.3 Å². The lowest BCUT2D eigenvalue weighted by Crippen LogP contribution is -2.50. The maximum Gasteiger partial charge on any atom is 0.255 e. The van der Waals surface area contributed by atoms with E-state index in [9.17, 15) is 9.59 Å². The fraction of sp³-hybridized carbons (Fsp3) is 0.318. The first-order valence-corrected chi connectivity index (χ1v) is 10.7. The fourth-order valence-electron chi connectivity index (χ4n) is 3.70. The minimum Gasteiger partial charge on any atom is -0.351 e. The average molecular weight is 454 g/mol. The van der Waals surface area contributed by atoms with Crippen molar-refractivity contribution in [3.8, 4) is 0 Å². The molecule has 1 saturated heterocycles. The van der Waals surface area contributed by atoms with Gasteiger partial charge in [0.1, 0.15) is 6.54 Å². The van der Waals surface area contributed by atoms with Crippen LogP contribution in [0.4, 0.5) is 11.5 Å². The summed E-state index contributed by atoms with van der Waals surface area (Å²) in [5, 5.41) is 7.69. The Morgan fingerprint density at radius 2 is 1.81 bits per heavy atom. The van der Waals surface area contributed by atoms with E-state index in [0.717, 1.165) is 11.4 Å². The molecule has 0 radical (unpaired) electrons. The van der Waals surface area contributed by atoms with E-state index in [-0.39, 0.29) is 18.4 Å². The summed E-state index contributed by atoms with van der Waals surface area (Å²) in [6.45, 7) is 6.38. The molecule has 0 atom stereocenters. The second kappa shape index (κ2) is 9.35. The SMILES string of the molecule is Cc1cc(C)n(CC(=O)N2CCN(c3ncc(Cl)cc3NC(=O)c3ccncc3)CC2)n1. The molecule has 0 spiro atoms. The monoisotopic (exact) mass is 453 g/mol. The van der Waals surface area contributed by atoms with Crippen LogP contribution >= 0.6 is 11.6 Å². The Hall–Kier alpha value is -3.46. The number of hydrogen-bond acceptors (Lipinski definition) is 6. The molecular formula is C22H24ClN7O2. The molecule has 3 aromatic rings. The fourth-order valence-corrected chi connectivity index (χ4v) is 3.86. The second-order valence-electron chi connectivity index (χ2n) is 7.67. The van der Waals surface area contributed by atoms with Crippen molar-refractivity contribution in [3.05, 3.63) is 64.8 Å². The molecule has 1 N–H and O–H groups in total. The number of pyridine rings is 2. The molecule has 4 rings (SSSR count). The van der Waals surface area contributed by atoms with Gasteiger partial charge in [-0.15, -0.1) is 0 Å². The zero-order valence-electron chi connectivity index (χ0n) is 18.0. The van der Waals surface area contributed by atoms with E-state index in [4.69, 9.17) is 11.6 Å². The molecular weight excluding hydrogens is 430 g/mol. The second-order valence-corrected chi connectivity index (χ2v) is 8.10. The van der Waals surface area contributed by atoms with Crippen molar-refractivity contribution >= 4 is 34.9 Å². The maximum absolute atomic E-state index is 12.7. The Bertz CT molecular complexity index is 1120. The highest BCUT2D eigenvalue weighted by atomic mass is 35.5. The van der Waals surface area contributed by atoms with Gasteiger partial charge in [-0.05, 0) is 38.1 Å². The molecule has 166 valence electrons. The van der Waals surface area contributed by atoms with Crippen LogP contribution in [0.3, 0.4) is 0 Å². The van der Waals surface area contributed by atoms with Crippen molar-refractivity contribution in [1.29, 1.82) is 0 Å². The van der Waals surface area contributed by atoms with Crippen molar-refractivity contribution in [2.45, 2.75) is 20.4 Å². The molecule has 0 aromatic carbocycles. The predicted molar refractivity (Wildman–Crippen MR) is 122 cm³/mol. The van der Waals surface area contributed by atoms with Crippen molar-refractivity contribution in [3.63, 3.8) is 0 Å². The molecule has 2 amide bonds. The van der Waals surface area contributed by atoms with Gasteiger partial charge in [-0.25, -0.2) is 4.98 Å². The summed E-state index contributed by atoms with van der Waals surface area (Å²) in [4.78, 5) is 37.6. The van der Waals surface area contributed by atoms with E-state index in [1.807, 2.05) is 29.7 Å². The normalized spacial score (nSPS) is 13.8. The largest absolute Gasteiger partial charge is 0.351 e. The van der Waals surface area contributed by atoms with Crippen LogP contribution in [0.1, 0.15) is 21.7 Å². The Morgan fingerprint density at radius 1 is 1.09 bits per heavy atom. The maximum atomic E-state index is 12.7. The third-order valence-electron chi connectivity index (χ3n) is 5.34. The molecule has 4 heterocycles. The average Bonchev–Trinajstić information content (AvgIpc) is 3.11. The van der Waals surface area contributed by atoms with Gasteiger partial charge >= 0.3 is 0 Å². The first-order chi connectivity index (χ1) is 15.4. The molecule has 1 aliphatic rings. The highest BCUT2D eigenvalue weighted by Gasteiger charge is 2.25. The highest BCUT2D eigenvalue weighted by Crippen LogP contribution is 2.28. The van der Waals surface area contributed by atoms with Crippen LogP contribution in [-0.2, 0) is 11.3 Å². The number of rotatable bonds is 5. The highest BCUT2D eigenvalue weighted by molar-refractivity contribution is 6.31. The van der Waals surface area contributed by atoms with Crippen LogP contribution < -0.4 is 10.2 Å². The van der Waals surface area contributed by atoms with Crippen LogP contribution in [0.25, 0.3) is 0 Å². The summed E-state index contributed by atoms with van der Waals surface area (Å²) < 4.78 is 1.73. The summed E-state index contributed by atoms with van der Waals surface area (Å²) in [5.74, 6) is 0.394. The van der Waals surface area contributed by atoms with E-state index in [2.05, 4.69) is 20.4 Å². The van der Waals surface area contributed by atoms with E-state index in [1.165, 1.54) is 0 Å². The molecule has 1 fully saturated rings. The van der Waals surface area contributed by atoms with Crippen molar-refractivity contribution in [2.24, 2.45) is 0 Å². The lowest BCUT2D eigenvalue weighted by Gasteiger charge is -2.36. The summed E-state index contributed by atoms with van der Waals surface area (Å²) in [5.41, 5.74) is 2.89. The first-order valence-electron chi connectivity index (χ1n) is 10.3. The molecule has 0 bridgehead atoms. The smallest absolute Gasteiger partial charge is 0.255 e. The third-order valence-corrected chi connectivity index (χ3v) is 5.55. The number of nitrogens with one attached hydrogen (secondary N) is 1. The number of nitrogens with zero attached hydrogens (tertiary/aromatic N) is 6. The Kier molecular flexibility index (Phi) is 6.36. The van der Waals surface area contributed by atoms with Gasteiger partial charge in [-0.2, -0.15) is 5.10 Å². The van der Waals surface area contributed by atoms with Gasteiger partial charge in [0.05, 0.1) is 16.4 Å². The number of aryl methyl sites for hydroxylation is 2. The predicted octanol–water partition coefficient (Wildman–Crippen LogP) is 2.54. The molecule has 0 saturated carbocycles. The van der Waals surface area contributed by atoms with Crippen LogP contribution in [-0.4, -0.2) is 62.6 Å². The number of halogens is 1. The van der Waals surface area contributed by atoms with Gasteiger partial charge in [-0.1, -0.05) is 11.6 Å². The lowest BCUT2D eigenvalue weighted by molar-refractivity contribution is -0.132. The molecule has 32 heavy (non-hydrogen) atoms. The van der Waals surface area contributed by atoms with E-state index < -0.39 is 0 Å². The van der Waals surface area contributed by atoms with Gasteiger partial charge in [0, 0.05) is 56.0 Å². The van der Waals surface area contributed by atoms with Crippen LogP contribution in [0, 0.1) is 13.8 Å². The van der Waals surface area contributed by atoms with Crippen LogP contribution in [0.5, 0.6) is 0 Å². The number of carbonyl (C=O) groups is 2.